The molecule has 0 aliphatic heterocycles. The highest BCUT2D eigenvalue weighted by molar-refractivity contribution is 5.83. The summed E-state index contributed by atoms with van der Waals surface area (Å²) in [4.78, 5) is 12.6. The second-order valence-electron chi connectivity index (χ2n) is 6.01. The lowest BCUT2D eigenvalue weighted by molar-refractivity contribution is -0.122. The van der Waals surface area contributed by atoms with Gasteiger partial charge in [0.1, 0.15) is 6.04 Å². The van der Waals surface area contributed by atoms with Crippen LogP contribution >= 0.6 is 0 Å². The molecule has 1 saturated carbocycles. The number of nitriles is 1. The SMILES string of the molecule is COc1cccc([C@H](C#N)NC(=O)[C@H]2C[C@H]2c2ccccc2)c1OC. The van der Waals surface area contributed by atoms with E-state index in [4.69, 9.17) is 9.47 Å². The van der Waals surface area contributed by atoms with Crippen LogP contribution in [-0.2, 0) is 4.79 Å². The van der Waals surface area contributed by atoms with Crippen molar-refractivity contribution in [3.05, 3.63) is 59.7 Å². The maximum absolute atomic E-state index is 12.6. The smallest absolute Gasteiger partial charge is 0.225 e. The Morgan fingerprint density at radius 1 is 1.16 bits per heavy atom. The number of methoxy groups -OCH3 is 2. The molecule has 0 unspecified atom stereocenters. The molecule has 0 heterocycles. The number of hydrogen-bond donors (Lipinski definition) is 1. The topological polar surface area (TPSA) is 71.3 Å². The average molecular weight is 336 g/mol. The maximum Gasteiger partial charge on any atom is 0.225 e. The average Bonchev–Trinajstić information content (AvgIpc) is 3.47. The Kier molecular flexibility index (Phi) is 4.90. The second kappa shape index (κ2) is 7.27. The number of para-hydroxylation sites is 1. The van der Waals surface area contributed by atoms with Crippen LogP contribution in [0.1, 0.15) is 29.5 Å². The summed E-state index contributed by atoms with van der Waals surface area (Å²) in [6.45, 7) is 0. The van der Waals surface area contributed by atoms with Gasteiger partial charge in [-0.25, -0.2) is 0 Å². The van der Waals surface area contributed by atoms with Gasteiger partial charge in [0.25, 0.3) is 0 Å². The maximum atomic E-state index is 12.6. The predicted octanol–water partition coefficient (Wildman–Crippen LogP) is 3.19. The van der Waals surface area contributed by atoms with Crippen molar-refractivity contribution in [3.8, 4) is 17.6 Å². The lowest BCUT2D eigenvalue weighted by Crippen LogP contribution is -2.29. The molecular weight excluding hydrogens is 316 g/mol. The van der Waals surface area contributed by atoms with E-state index in [0.717, 1.165) is 12.0 Å². The van der Waals surface area contributed by atoms with E-state index in [1.165, 1.54) is 14.2 Å². The molecule has 0 radical (unpaired) electrons. The summed E-state index contributed by atoms with van der Waals surface area (Å²) in [7, 11) is 3.06. The number of carbonyl (C=O) groups is 1. The van der Waals surface area contributed by atoms with Crippen LogP contribution in [0.25, 0.3) is 0 Å². The zero-order valence-corrected chi connectivity index (χ0v) is 14.2. The first-order valence-electron chi connectivity index (χ1n) is 8.15. The molecule has 5 heteroatoms. The number of amides is 1. The van der Waals surface area contributed by atoms with E-state index in [0.29, 0.717) is 17.1 Å². The number of carbonyl (C=O) groups excluding carboxylic acids is 1. The van der Waals surface area contributed by atoms with Gasteiger partial charge in [0.2, 0.25) is 5.91 Å². The van der Waals surface area contributed by atoms with E-state index < -0.39 is 6.04 Å². The standard InChI is InChI=1S/C20H20N2O3/c1-24-18-10-6-9-14(19(18)25-2)17(12-21)22-20(23)16-11-15(16)13-7-4-3-5-8-13/h3-10,15-17H,11H2,1-2H3,(H,22,23)/t15-,16-,17-/m0/s1. The summed E-state index contributed by atoms with van der Waals surface area (Å²) in [5.74, 6) is 1.03. The molecule has 1 aliphatic rings. The molecule has 128 valence electrons. The van der Waals surface area contributed by atoms with Crippen molar-refractivity contribution < 1.29 is 14.3 Å². The van der Waals surface area contributed by atoms with Gasteiger partial charge < -0.3 is 14.8 Å². The first kappa shape index (κ1) is 16.8. The number of ether oxygens (including phenoxy) is 2. The Labute approximate surface area is 147 Å². The first-order chi connectivity index (χ1) is 12.2. The van der Waals surface area contributed by atoms with Crippen molar-refractivity contribution in [1.29, 1.82) is 5.26 Å². The van der Waals surface area contributed by atoms with E-state index in [1.54, 1.807) is 18.2 Å². The van der Waals surface area contributed by atoms with E-state index in [1.807, 2.05) is 30.3 Å². The third kappa shape index (κ3) is 3.43. The van der Waals surface area contributed by atoms with E-state index in [9.17, 15) is 10.1 Å². The lowest BCUT2D eigenvalue weighted by atomic mass is 10.0. The first-order valence-corrected chi connectivity index (χ1v) is 8.15. The van der Waals surface area contributed by atoms with Crippen LogP contribution in [0.2, 0.25) is 0 Å². The zero-order valence-electron chi connectivity index (χ0n) is 14.2. The Morgan fingerprint density at radius 3 is 2.56 bits per heavy atom. The van der Waals surface area contributed by atoms with Gasteiger partial charge in [0.05, 0.1) is 20.3 Å². The minimum absolute atomic E-state index is 0.0881. The zero-order chi connectivity index (χ0) is 17.8. The van der Waals surface area contributed by atoms with Crippen LogP contribution in [0.5, 0.6) is 11.5 Å². The Hall–Kier alpha value is -3.00. The summed E-state index contributed by atoms with van der Waals surface area (Å²) < 4.78 is 10.6. The van der Waals surface area contributed by atoms with Crippen LogP contribution in [0.3, 0.4) is 0 Å². The summed E-state index contributed by atoms with van der Waals surface area (Å²) in [6, 6.07) is 16.6. The van der Waals surface area contributed by atoms with Gasteiger partial charge in [0, 0.05) is 11.5 Å². The van der Waals surface area contributed by atoms with Crippen molar-refractivity contribution in [2.24, 2.45) is 5.92 Å². The van der Waals surface area contributed by atoms with Gasteiger partial charge in [-0.15, -0.1) is 0 Å². The molecule has 1 N–H and O–H groups in total. The minimum Gasteiger partial charge on any atom is -0.493 e. The van der Waals surface area contributed by atoms with Gasteiger partial charge in [-0.2, -0.15) is 5.26 Å². The molecule has 0 bridgehead atoms. The third-order valence-electron chi connectivity index (χ3n) is 4.52. The highest BCUT2D eigenvalue weighted by Gasteiger charge is 2.44. The monoisotopic (exact) mass is 336 g/mol. The fourth-order valence-corrected chi connectivity index (χ4v) is 3.12. The Bertz CT molecular complexity index is 798. The van der Waals surface area contributed by atoms with Crippen LogP contribution in [0, 0.1) is 17.2 Å². The van der Waals surface area contributed by atoms with Crippen molar-refractivity contribution in [3.63, 3.8) is 0 Å². The highest BCUT2D eigenvalue weighted by atomic mass is 16.5. The normalized spacial score (nSPS) is 19.4. The van der Waals surface area contributed by atoms with Crippen LogP contribution in [-0.4, -0.2) is 20.1 Å². The second-order valence-corrected chi connectivity index (χ2v) is 6.01. The number of nitrogens with one attached hydrogen (secondary N) is 1. The van der Waals surface area contributed by atoms with Crippen molar-refractivity contribution in [1.82, 2.24) is 5.32 Å². The van der Waals surface area contributed by atoms with E-state index in [-0.39, 0.29) is 17.7 Å². The number of rotatable bonds is 6. The van der Waals surface area contributed by atoms with Crippen LogP contribution in [0.4, 0.5) is 0 Å². The molecule has 3 atom stereocenters. The molecule has 0 aromatic heterocycles. The summed E-state index contributed by atoms with van der Waals surface area (Å²) in [6.07, 6.45) is 0.809. The minimum atomic E-state index is -0.783. The molecule has 25 heavy (non-hydrogen) atoms. The molecule has 0 saturated heterocycles. The quantitative estimate of drug-likeness (QED) is 0.879. The van der Waals surface area contributed by atoms with Crippen LogP contribution < -0.4 is 14.8 Å². The molecule has 5 nitrogen and oxygen atoms in total. The Balaban J connectivity index is 1.74. The largest absolute Gasteiger partial charge is 0.493 e. The van der Waals surface area contributed by atoms with Gasteiger partial charge >= 0.3 is 0 Å². The van der Waals surface area contributed by atoms with Crippen molar-refractivity contribution in [2.45, 2.75) is 18.4 Å². The van der Waals surface area contributed by atoms with Gasteiger partial charge in [0.15, 0.2) is 11.5 Å². The van der Waals surface area contributed by atoms with E-state index in [2.05, 4.69) is 11.4 Å². The fourth-order valence-electron chi connectivity index (χ4n) is 3.12. The highest BCUT2D eigenvalue weighted by Crippen LogP contribution is 2.47. The molecule has 1 fully saturated rings. The van der Waals surface area contributed by atoms with Gasteiger partial charge in [-0.1, -0.05) is 42.5 Å². The molecule has 3 rings (SSSR count). The predicted molar refractivity (Wildman–Crippen MR) is 93.3 cm³/mol. The number of hydrogen-bond acceptors (Lipinski definition) is 4. The number of benzene rings is 2. The van der Waals surface area contributed by atoms with Gasteiger partial charge in [-0.05, 0) is 24.0 Å². The molecule has 0 spiro atoms. The lowest BCUT2D eigenvalue weighted by Gasteiger charge is -2.17. The summed E-state index contributed by atoms with van der Waals surface area (Å²) in [5, 5.41) is 12.4. The molecule has 1 amide bonds. The molecule has 2 aromatic carbocycles. The molecular formula is C20H20N2O3. The summed E-state index contributed by atoms with van der Waals surface area (Å²) in [5.41, 5.74) is 1.75. The Morgan fingerprint density at radius 2 is 1.92 bits per heavy atom. The van der Waals surface area contributed by atoms with Crippen molar-refractivity contribution in [2.75, 3.05) is 14.2 Å². The fraction of sp³-hybridized carbons (Fsp3) is 0.300. The van der Waals surface area contributed by atoms with E-state index >= 15 is 0 Å². The molecule has 2 aromatic rings. The van der Waals surface area contributed by atoms with Crippen molar-refractivity contribution >= 4 is 5.91 Å². The third-order valence-corrected chi connectivity index (χ3v) is 4.52. The van der Waals surface area contributed by atoms with Gasteiger partial charge in [-0.3, -0.25) is 4.79 Å². The number of nitrogens with zero attached hydrogens (tertiary/aromatic N) is 1. The van der Waals surface area contributed by atoms with Crippen LogP contribution in [0.15, 0.2) is 48.5 Å². The summed E-state index contributed by atoms with van der Waals surface area (Å²) >= 11 is 0. The molecule has 1 aliphatic carbocycles.